The number of benzene rings is 3. The molecule has 10 heteroatoms. The lowest BCUT2D eigenvalue weighted by atomic mass is 9.98. The third kappa shape index (κ3) is 5.06. The molecule has 1 amide bonds. The minimum atomic E-state index is -3.71. The van der Waals surface area contributed by atoms with Crippen molar-refractivity contribution in [2.24, 2.45) is 0 Å². The van der Waals surface area contributed by atoms with Crippen molar-refractivity contribution in [3.8, 4) is 11.3 Å². The highest BCUT2D eigenvalue weighted by Gasteiger charge is 2.26. The number of furan rings is 1. The molecular formula is C35H31FN4O4S. The van der Waals surface area contributed by atoms with Crippen molar-refractivity contribution in [1.29, 1.82) is 0 Å². The number of amides is 1. The minimum Gasteiger partial charge on any atom is -0.455 e. The van der Waals surface area contributed by atoms with Gasteiger partial charge in [0, 0.05) is 47.3 Å². The molecule has 228 valence electrons. The second kappa shape index (κ2) is 11.0. The molecule has 3 aromatic carbocycles. The summed E-state index contributed by atoms with van der Waals surface area (Å²) in [5.41, 5.74) is 5.00. The van der Waals surface area contributed by atoms with E-state index in [1.165, 1.54) is 13.1 Å². The molecule has 0 aliphatic heterocycles. The fraction of sp³-hybridized carbons (Fsp3) is 0.143. The highest BCUT2D eigenvalue weighted by Crippen LogP contribution is 2.40. The molecule has 0 saturated carbocycles. The average molecular weight is 623 g/mol. The van der Waals surface area contributed by atoms with E-state index >= 15 is 0 Å². The van der Waals surface area contributed by atoms with Gasteiger partial charge in [0.2, 0.25) is 10.0 Å². The van der Waals surface area contributed by atoms with Gasteiger partial charge in [-0.2, -0.15) is 0 Å². The van der Waals surface area contributed by atoms with Crippen molar-refractivity contribution in [3.63, 3.8) is 0 Å². The van der Waals surface area contributed by atoms with Gasteiger partial charge in [-0.05, 0) is 49.8 Å². The predicted octanol–water partition coefficient (Wildman–Crippen LogP) is 5.40. The molecule has 0 unspecified atom stereocenters. The van der Waals surface area contributed by atoms with Crippen molar-refractivity contribution in [2.75, 3.05) is 24.7 Å². The normalized spacial score (nSPS) is 12.8. The molecule has 0 atom stereocenters. The van der Waals surface area contributed by atoms with Crippen molar-refractivity contribution in [2.45, 2.75) is 13.8 Å². The van der Waals surface area contributed by atoms with Gasteiger partial charge in [0.15, 0.2) is 0 Å². The number of rotatable bonds is 6. The summed E-state index contributed by atoms with van der Waals surface area (Å²) in [5, 5.41) is 4.96. The lowest BCUT2D eigenvalue weighted by molar-refractivity contribution is 0.0964. The molecule has 1 N–H and O–H groups in total. The molecule has 6 rings (SSSR count). The molecule has 3 heterocycles. The smallest absolute Gasteiger partial charge is 0.255 e. The molecule has 45 heavy (non-hydrogen) atoms. The zero-order valence-corrected chi connectivity index (χ0v) is 26.3. The first-order valence-corrected chi connectivity index (χ1v) is 16.0. The Balaban J connectivity index is 1.67. The van der Waals surface area contributed by atoms with Crippen molar-refractivity contribution < 1.29 is 22.0 Å². The summed E-state index contributed by atoms with van der Waals surface area (Å²) in [6.07, 6.45) is 6.40. The number of hydrogen-bond acceptors (Lipinski definition) is 5. The zero-order chi connectivity index (χ0) is 32.2. The van der Waals surface area contributed by atoms with Crippen LogP contribution in [0.15, 0.2) is 78.0 Å². The van der Waals surface area contributed by atoms with Crippen LogP contribution in [-0.2, 0) is 10.0 Å². The van der Waals surface area contributed by atoms with Crippen LogP contribution in [0, 0.1) is 12.7 Å². The van der Waals surface area contributed by atoms with Crippen LogP contribution in [0.25, 0.3) is 56.4 Å². The summed E-state index contributed by atoms with van der Waals surface area (Å²) in [7, 11) is -0.718. The molecule has 0 saturated heterocycles. The Labute approximate surface area is 259 Å². The molecule has 0 fully saturated rings. The van der Waals surface area contributed by atoms with E-state index in [4.69, 9.17) is 4.42 Å². The number of nitrogens with zero attached hydrogens (tertiary/aromatic N) is 3. The largest absolute Gasteiger partial charge is 0.455 e. The Kier molecular flexibility index (Phi) is 7.33. The third-order valence-corrected chi connectivity index (χ3v) is 9.23. The van der Waals surface area contributed by atoms with Crippen LogP contribution in [-0.4, -0.2) is 44.1 Å². The minimum absolute atomic E-state index is 0.312. The summed E-state index contributed by atoms with van der Waals surface area (Å²) in [6.45, 7) is 8.16. The SMILES string of the molecule is C=C(/C=c1\c(=C/C)ncn2c1cc1c(F)cccc12)c1cc2c(C(=O)NC)c(-c3ccc(C)cc3)oc2cc1N(C)S(C)(=O)=O. The maximum Gasteiger partial charge on any atom is 0.255 e. The summed E-state index contributed by atoms with van der Waals surface area (Å²) in [4.78, 5) is 17.9. The van der Waals surface area contributed by atoms with E-state index in [0.717, 1.165) is 16.1 Å². The number of sulfonamides is 1. The lowest BCUT2D eigenvalue weighted by Gasteiger charge is -2.21. The standard InChI is InChI=1S/C35H31FN4O4S/c1-7-28-25(31-17-24-27(36)9-8-10-29(24)40(31)19-38-28)15-21(3)23-16-26-32(18-30(23)39(5)45(6,42)43)44-34(33(26)35(41)37-4)22-13-11-20(2)12-14-22/h7-19H,3H2,1-2,4-6H3,(H,37,41)/b25-15+,28-7+. The Hall–Kier alpha value is -5.22. The van der Waals surface area contributed by atoms with Crippen LogP contribution in [0.1, 0.15) is 28.4 Å². The van der Waals surface area contributed by atoms with Gasteiger partial charge < -0.3 is 9.73 Å². The van der Waals surface area contributed by atoms with E-state index in [1.54, 1.807) is 43.7 Å². The summed E-state index contributed by atoms with van der Waals surface area (Å²) < 4.78 is 49.7. The third-order valence-electron chi connectivity index (χ3n) is 8.04. The number of carbonyl (C=O) groups excluding carboxylic acids is 1. The van der Waals surface area contributed by atoms with Crippen molar-refractivity contribution in [3.05, 3.63) is 107 Å². The molecule has 0 bridgehead atoms. The molecule has 3 aromatic heterocycles. The molecule has 0 aliphatic rings. The fourth-order valence-electron chi connectivity index (χ4n) is 5.58. The second-order valence-corrected chi connectivity index (χ2v) is 12.9. The molecule has 0 aliphatic carbocycles. The topological polar surface area (TPSA) is 96.9 Å². The summed E-state index contributed by atoms with van der Waals surface area (Å²) >= 11 is 0. The van der Waals surface area contributed by atoms with Gasteiger partial charge in [-0.1, -0.05) is 48.6 Å². The maximum absolute atomic E-state index is 14.8. The zero-order valence-electron chi connectivity index (χ0n) is 25.5. The van der Waals surface area contributed by atoms with Gasteiger partial charge in [0.1, 0.15) is 23.5 Å². The number of carbonyl (C=O) groups is 1. The number of hydrogen-bond donors (Lipinski definition) is 1. The molecule has 0 spiro atoms. The van der Waals surface area contributed by atoms with E-state index in [1.807, 2.05) is 54.7 Å². The van der Waals surface area contributed by atoms with Gasteiger partial charge in [0.05, 0.1) is 33.9 Å². The Bertz CT molecular complexity index is 2420. The van der Waals surface area contributed by atoms with E-state index in [-0.39, 0.29) is 11.7 Å². The van der Waals surface area contributed by atoms with Gasteiger partial charge in [0.25, 0.3) is 5.91 Å². The Morgan fingerprint density at radius 2 is 1.82 bits per heavy atom. The monoisotopic (exact) mass is 622 g/mol. The first-order valence-electron chi connectivity index (χ1n) is 14.2. The quantitative estimate of drug-likeness (QED) is 0.269. The second-order valence-electron chi connectivity index (χ2n) is 10.9. The van der Waals surface area contributed by atoms with Gasteiger partial charge in [-0.25, -0.2) is 17.8 Å². The van der Waals surface area contributed by atoms with Crippen molar-refractivity contribution in [1.82, 2.24) is 14.7 Å². The van der Waals surface area contributed by atoms with Gasteiger partial charge in [-0.3, -0.25) is 13.5 Å². The summed E-state index contributed by atoms with van der Waals surface area (Å²) in [5.74, 6) is -0.341. The van der Waals surface area contributed by atoms with Crippen LogP contribution in [0.5, 0.6) is 0 Å². The van der Waals surface area contributed by atoms with E-state index in [2.05, 4.69) is 16.9 Å². The number of aromatic nitrogens is 2. The van der Waals surface area contributed by atoms with Crippen LogP contribution in [0.4, 0.5) is 10.1 Å². The number of aryl methyl sites for hydroxylation is 1. The molecular weight excluding hydrogens is 591 g/mol. The molecule has 6 aromatic rings. The highest BCUT2D eigenvalue weighted by atomic mass is 32.2. The van der Waals surface area contributed by atoms with Gasteiger partial charge >= 0.3 is 0 Å². The number of allylic oxidation sites excluding steroid dienone is 1. The highest BCUT2D eigenvalue weighted by molar-refractivity contribution is 7.92. The first kappa shape index (κ1) is 29.8. The Morgan fingerprint density at radius 3 is 2.49 bits per heavy atom. The van der Waals surface area contributed by atoms with Crippen LogP contribution in [0.3, 0.4) is 0 Å². The number of fused-ring (bicyclic) bond motifs is 4. The predicted molar refractivity (Wildman–Crippen MR) is 179 cm³/mol. The fourth-order valence-corrected chi connectivity index (χ4v) is 6.09. The summed E-state index contributed by atoms with van der Waals surface area (Å²) in [6, 6.07) is 17.6. The van der Waals surface area contributed by atoms with E-state index in [9.17, 15) is 17.6 Å². The van der Waals surface area contributed by atoms with Crippen LogP contribution in [0.2, 0.25) is 0 Å². The first-order chi connectivity index (χ1) is 21.4. The molecule has 0 radical (unpaired) electrons. The average Bonchev–Trinajstić information content (AvgIpc) is 3.59. The van der Waals surface area contributed by atoms with E-state index < -0.39 is 10.0 Å². The molecule has 8 nitrogen and oxygen atoms in total. The van der Waals surface area contributed by atoms with Gasteiger partial charge in [-0.15, -0.1) is 0 Å². The number of anilines is 1. The lowest BCUT2D eigenvalue weighted by Crippen LogP contribution is -2.30. The number of halogens is 1. The van der Waals surface area contributed by atoms with Crippen LogP contribution >= 0.6 is 0 Å². The van der Waals surface area contributed by atoms with Crippen molar-refractivity contribution >= 4 is 66.7 Å². The van der Waals surface area contributed by atoms with E-state index in [0.29, 0.717) is 71.7 Å². The number of nitrogens with one attached hydrogen (secondary N) is 1. The maximum atomic E-state index is 14.8. The Morgan fingerprint density at radius 1 is 1.09 bits per heavy atom. The van der Waals surface area contributed by atoms with Crippen LogP contribution < -0.4 is 20.2 Å².